The number of rotatable bonds is 4. The molecule has 0 unspecified atom stereocenters. The highest BCUT2D eigenvalue weighted by Gasteiger charge is 2.18. The fourth-order valence-corrected chi connectivity index (χ4v) is 3.61. The number of fused-ring (bicyclic) bond motifs is 1. The van der Waals surface area contributed by atoms with E-state index < -0.39 is 0 Å². The average molecular weight is 334 g/mol. The summed E-state index contributed by atoms with van der Waals surface area (Å²) >= 11 is 5.63. The van der Waals surface area contributed by atoms with Crippen LogP contribution < -0.4 is 14.8 Å². The van der Waals surface area contributed by atoms with Gasteiger partial charge in [0, 0.05) is 19.1 Å². The fourth-order valence-electron chi connectivity index (χ4n) is 3.25. The van der Waals surface area contributed by atoms with Crippen LogP contribution in [0.2, 0.25) is 0 Å². The Hall–Kier alpha value is -1.49. The molecule has 1 fully saturated rings. The largest absolute Gasteiger partial charge is 0.486 e. The van der Waals surface area contributed by atoms with E-state index in [1.165, 1.54) is 37.7 Å². The van der Waals surface area contributed by atoms with Crippen molar-refractivity contribution < 1.29 is 9.47 Å². The average Bonchev–Trinajstić information content (AvgIpc) is 2.60. The van der Waals surface area contributed by atoms with Crippen molar-refractivity contribution in [3.05, 3.63) is 23.8 Å². The van der Waals surface area contributed by atoms with Crippen LogP contribution in [0.3, 0.4) is 0 Å². The number of benzene rings is 1. The molecule has 0 spiro atoms. The lowest BCUT2D eigenvalue weighted by molar-refractivity contribution is 0.171. The molecule has 23 heavy (non-hydrogen) atoms. The second-order valence-electron chi connectivity index (χ2n) is 6.28. The van der Waals surface area contributed by atoms with Crippen molar-refractivity contribution in [1.82, 2.24) is 10.2 Å². The van der Waals surface area contributed by atoms with Crippen LogP contribution in [0.15, 0.2) is 18.2 Å². The van der Waals surface area contributed by atoms with Crippen LogP contribution in [-0.2, 0) is 6.54 Å². The fraction of sp³-hybridized carbons (Fsp3) is 0.611. The van der Waals surface area contributed by atoms with Gasteiger partial charge in [0.15, 0.2) is 16.6 Å². The third-order valence-electron chi connectivity index (χ3n) is 4.58. The van der Waals surface area contributed by atoms with E-state index >= 15 is 0 Å². The van der Waals surface area contributed by atoms with E-state index in [2.05, 4.69) is 29.3 Å². The molecule has 0 bridgehead atoms. The van der Waals surface area contributed by atoms with Crippen LogP contribution in [0.5, 0.6) is 11.5 Å². The molecule has 5 heteroatoms. The Morgan fingerprint density at radius 1 is 1.17 bits per heavy atom. The summed E-state index contributed by atoms with van der Waals surface area (Å²) in [7, 11) is 0. The van der Waals surface area contributed by atoms with Crippen LogP contribution >= 0.6 is 12.2 Å². The second-order valence-corrected chi connectivity index (χ2v) is 6.66. The van der Waals surface area contributed by atoms with Gasteiger partial charge in [0.2, 0.25) is 0 Å². The number of hydrogen-bond acceptors (Lipinski definition) is 3. The minimum atomic E-state index is 0.547. The Balaban J connectivity index is 1.60. The van der Waals surface area contributed by atoms with Gasteiger partial charge < -0.3 is 19.7 Å². The van der Waals surface area contributed by atoms with Gasteiger partial charge in [-0.3, -0.25) is 0 Å². The first kappa shape index (κ1) is 16.4. The van der Waals surface area contributed by atoms with E-state index in [0.29, 0.717) is 19.3 Å². The van der Waals surface area contributed by atoms with Gasteiger partial charge in [-0.15, -0.1) is 0 Å². The Labute approximate surface area is 144 Å². The number of nitrogens with zero attached hydrogens (tertiary/aromatic N) is 1. The number of hydrogen-bond donors (Lipinski definition) is 1. The normalized spacial score (nSPS) is 17.6. The summed E-state index contributed by atoms with van der Waals surface area (Å²) in [6.45, 7) is 5.09. The molecule has 1 aromatic carbocycles. The van der Waals surface area contributed by atoms with E-state index in [1.54, 1.807) is 0 Å². The lowest BCUT2D eigenvalue weighted by Gasteiger charge is -2.30. The maximum Gasteiger partial charge on any atom is 0.169 e. The minimum Gasteiger partial charge on any atom is -0.486 e. The summed E-state index contributed by atoms with van der Waals surface area (Å²) in [6.07, 6.45) is 6.46. The molecule has 1 aliphatic carbocycles. The molecule has 0 amide bonds. The molecule has 0 saturated heterocycles. The van der Waals surface area contributed by atoms with Gasteiger partial charge >= 0.3 is 0 Å². The smallest absolute Gasteiger partial charge is 0.169 e. The first-order valence-corrected chi connectivity index (χ1v) is 9.11. The van der Waals surface area contributed by atoms with E-state index in [9.17, 15) is 0 Å². The summed E-state index contributed by atoms with van der Waals surface area (Å²) in [5.41, 5.74) is 1.20. The molecule has 1 heterocycles. The number of thiocarbonyl (C=S) groups is 1. The zero-order valence-corrected chi connectivity index (χ0v) is 14.7. The Morgan fingerprint density at radius 2 is 1.91 bits per heavy atom. The maximum absolute atomic E-state index is 5.67. The molecule has 0 aromatic heterocycles. The van der Waals surface area contributed by atoms with Crippen molar-refractivity contribution >= 4 is 17.3 Å². The van der Waals surface area contributed by atoms with Crippen molar-refractivity contribution in [2.75, 3.05) is 19.8 Å². The highest BCUT2D eigenvalue weighted by Crippen LogP contribution is 2.31. The zero-order valence-electron chi connectivity index (χ0n) is 13.8. The highest BCUT2D eigenvalue weighted by atomic mass is 32.1. The van der Waals surface area contributed by atoms with Crippen molar-refractivity contribution in [2.24, 2.45) is 0 Å². The van der Waals surface area contributed by atoms with Crippen molar-refractivity contribution in [2.45, 2.75) is 51.6 Å². The molecule has 2 aliphatic rings. The van der Waals surface area contributed by atoms with Crippen LogP contribution in [0.25, 0.3) is 0 Å². The lowest BCUT2D eigenvalue weighted by atomic mass is 9.96. The first-order chi connectivity index (χ1) is 11.3. The third-order valence-corrected chi connectivity index (χ3v) is 4.96. The minimum absolute atomic E-state index is 0.547. The molecule has 0 radical (unpaired) electrons. The van der Waals surface area contributed by atoms with E-state index in [0.717, 1.165) is 29.7 Å². The SMILES string of the molecule is CCN(Cc1ccc2c(c1)OCCO2)C(=S)NC1CCCCC1. The van der Waals surface area contributed by atoms with E-state index in [1.807, 2.05) is 6.07 Å². The predicted molar refractivity (Wildman–Crippen MR) is 96.1 cm³/mol. The van der Waals surface area contributed by atoms with Crippen LogP contribution in [0.1, 0.15) is 44.6 Å². The quantitative estimate of drug-likeness (QED) is 0.853. The van der Waals surface area contributed by atoms with Gasteiger partial charge in [0.1, 0.15) is 13.2 Å². The lowest BCUT2D eigenvalue weighted by Crippen LogP contribution is -2.44. The van der Waals surface area contributed by atoms with Gasteiger partial charge in [-0.05, 0) is 49.7 Å². The van der Waals surface area contributed by atoms with Crippen LogP contribution in [0, 0.1) is 0 Å². The molecule has 0 atom stereocenters. The van der Waals surface area contributed by atoms with Gasteiger partial charge in [-0.25, -0.2) is 0 Å². The van der Waals surface area contributed by atoms with Gasteiger partial charge in [0.25, 0.3) is 0 Å². The van der Waals surface area contributed by atoms with E-state index in [-0.39, 0.29) is 0 Å². The van der Waals surface area contributed by atoms with Gasteiger partial charge in [0.05, 0.1) is 0 Å². The van der Waals surface area contributed by atoms with Crippen LogP contribution in [0.4, 0.5) is 0 Å². The first-order valence-electron chi connectivity index (χ1n) is 8.70. The molecule has 126 valence electrons. The zero-order chi connectivity index (χ0) is 16.1. The molecule has 4 nitrogen and oxygen atoms in total. The van der Waals surface area contributed by atoms with Gasteiger partial charge in [-0.2, -0.15) is 0 Å². The topological polar surface area (TPSA) is 33.7 Å². The number of nitrogens with one attached hydrogen (secondary N) is 1. The van der Waals surface area contributed by atoms with Crippen molar-refractivity contribution in [1.29, 1.82) is 0 Å². The Bertz CT molecular complexity index is 544. The molecule has 1 aliphatic heterocycles. The molecule has 1 saturated carbocycles. The van der Waals surface area contributed by atoms with Gasteiger partial charge in [-0.1, -0.05) is 25.3 Å². The second kappa shape index (κ2) is 7.86. The Kier molecular flexibility index (Phi) is 5.60. The highest BCUT2D eigenvalue weighted by molar-refractivity contribution is 7.80. The van der Waals surface area contributed by atoms with Crippen LogP contribution in [-0.4, -0.2) is 35.8 Å². The summed E-state index contributed by atoms with van der Waals surface area (Å²) in [5, 5.41) is 4.42. The summed E-state index contributed by atoms with van der Waals surface area (Å²) in [5.74, 6) is 1.68. The Morgan fingerprint density at radius 3 is 2.65 bits per heavy atom. The number of ether oxygens (including phenoxy) is 2. The molecular weight excluding hydrogens is 308 g/mol. The molecule has 3 rings (SSSR count). The molecule has 1 aromatic rings. The predicted octanol–water partition coefficient (Wildman–Crippen LogP) is 3.49. The summed E-state index contributed by atoms with van der Waals surface area (Å²) in [6, 6.07) is 6.71. The monoisotopic (exact) mass is 334 g/mol. The van der Waals surface area contributed by atoms with Crippen molar-refractivity contribution in [3.63, 3.8) is 0 Å². The molecule has 1 N–H and O–H groups in total. The maximum atomic E-state index is 5.67. The molecular formula is C18H26N2O2S. The summed E-state index contributed by atoms with van der Waals surface area (Å²) < 4.78 is 11.3. The van der Waals surface area contributed by atoms with E-state index in [4.69, 9.17) is 21.7 Å². The standard InChI is InChI=1S/C18H26N2O2S/c1-2-20(18(23)19-15-6-4-3-5-7-15)13-14-8-9-16-17(12-14)22-11-10-21-16/h8-9,12,15H,2-7,10-11,13H2,1H3,(H,19,23). The summed E-state index contributed by atoms with van der Waals surface area (Å²) in [4.78, 5) is 2.22. The third kappa shape index (κ3) is 4.28. The van der Waals surface area contributed by atoms with Crippen molar-refractivity contribution in [3.8, 4) is 11.5 Å².